The van der Waals surface area contributed by atoms with Crippen LogP contribution in [0, 0.1) is 6.92 Å². The summed E-state index contributed by atoms with van der Waals surface area (Å²) in [7, 11) is 0. The maximum Gasteiger partial charge on any atom is 0.390 e. The van der Waals surface area contributed by atoms with E-state index in [0.29, 0.717) is 23.6 Å². The van der Waals surface area contributed by atoms with Gasteiger partial charge in [-0.1, -0.05) is 17.7 Å². The van der Waals surface area contributed by atoms with Crippen molar-refractivity contribution in [2.75, 3.05) is 19.8 Å². The summed E-state index contributed by atoms with van der Waals surface area (Å²) in [6.45, 7) is 3.45. The van der Waals surface area contributed by atoms with Crippen LogP contribution >= 0.6 is 0 Å². The molecule has 0 N–H and O–H groups in total. The fourth-order valence-electron chi connectivity index (χ4n) is 3.36. The zero-order chi connectivity index (χ0) is 22.6. The third-order valence-electron chi connectivity index (χ3n) is 4.95. The second kappa shape index (κ2) is 9.40. The number of esters is 1. The zero-order valence-electron chi connectivity index (χ0n) is 17.4. The predicted molar refractivity (Wildman–Crippen MR) is 105 cm³/mol. The molecule has 10 heteroatoms. The first-order valence-corrected chi connectivity index (χ1v) is 9.97. The monoisotopic (exact) mass is 439 g/mol. The van der Waals surface area contributed by atoms with Gasteiger partial charge in [-0.3, -0.25) is 9.48 Å². The second-order valence-corrected chi connectivity index (χ2v) is 7.25. The van der Waals surface area contributed by atoms with Gasteiger partial charge in [0.2, 0.25) is 0 Å². The molecule has 1 aliphatic rings. The van der Waals surface area contributed by atoms with Gasteiger partial charge in [-0.05, 0) is 26.0 Å². The molecule has 0 unspecified atom stereocenters. The van der Waals surface area contributed by atoms with Gasteiger partial charge in [0.15, 0.2) is 12.3 Å². The summed E-state index contributed by atoms with van der Waals surface area (Å²) in [6, 6.07) is 7.27. The van der Waals surface area contributed by atoms with E-state index in [1.165, 1.54) is 9.58 Å². The molecule has 0 radical (unpaired) electrons. The van der Waals surface area contributed by atoms with Crippen LogP contribution in [0.3, 0.4) is 0 Å². The van der Waals surface area contributed by atoms with Crippen LogP contribution in [0.2, 0.25) is 0 Å². The number of carbonyl (C=O) groups excluding carboxylic acids is 2. The van der Waals surface area contributed by atoms with Crippen molar-refractivity contribution in [2.24, 2.45) is 0 Å². The topological polar surface area (TPSA) is 73.7 Å². The van der Waals surface area contributed by atoms with Gasteiger partial charge in [0.05, 0.1) is 19.6 Å². The molecule has 2 aromatic rings. The summed E-state index contributed by atoms with van der Waals surface area (Å²) >= 11 is 0. The van der Waals surface area contributed by atoms with E-state index in [2.05, 4.69) is 5.10 Å². The minimum Gasteiger partial charge on any atom is -0.484 e. The van der Waals surface area contributed by atoms with E-state index >= 15 is 0 Å². The molecule has 0 atom stereocenters. The number of fused-ring (bicyclic) bond motifs is 1. The first-order chi connectivity index (χ1) is 14.7. The average Bonchev–Trinajstić information content (AvgIpc) is 3.09. The second-order valence-electron chi connectivity index (χ2n) is 7.25. The lowest BCUT2D eigenvalue weighted by Gasteiger charge is -2.28. The number of aryl methyl sites for hydroxylation is 2. The van der Waals surface area contributed by atoms with Crippen LogP contribution in [0.1, 0.15) is 40.7 Å². The quantitative estimate of drug-likeness (QED) is 0.619. The molecule has 1 aromatic carbocycles. The van der Waals surface area contributed by atoms with E-state index in [0.717, 1.165) is 5.56 Å². The summed E-state index contributed by atoms with van der Waals surface area (Å²) in [6.07, 6.45) is -5.11. The summed E-state index contributed by atoms with van der Waals surface area (Å²) in [5.74, 6) is -0.442. The van der Waals surface area contributed by atoms with Gasteiger partial charge in [-0.25, -0.2) is 4.79 Å². The van der Waals surface area contributed by atoms with Gasteiger partial charge in [0.25, 0.3) is 5.91 Å². The van der Waals surface area contributed by atoms with Gasteiger partial charge in [0, 0.05) is 30.8 Å². The zero-order valence-corrected chi connectivity index (χ0v) is 17.4. The fourth-order valence-corrected chi connectivity index (χ4v) is 3.36. The van der Waals surface area contributed by atoms with Crippen molar-refractivity contribution < 1.29 is 32.2 Å². The molecule has 0 bridgehead atoms. The number of carbonyl (C=O) groups is 2. The molecule has 168 valence electrons. The lowest BCUT2D eigenvalue weighted by atomic mass is 10.0. The highest BCUT2D eigenvalue weighted by atomic mass is 19.4. The summed E-state index contributed by atoms with van der Waals surface area (Å²) in [5, 5.41) is 4.08. The third kappa shape index (κ3) is 5.77. The number of rotatable bonds is 7. The van der Waals surface area contributed by atoms with Crippen molar-refractivity contribution >= 4 is 11.9 Å². The third-order valence-corrected chi connectivity index (χ3v) is 4.95. The lowest BCUT2D eigenvalue weighted by Crippen LogP contribution is -2.39. The van der Waals surface area contributed by atoms with Crippen LogP contribution in [0.5, 0.6) is 5.75 Å². The van der Waals surface area contributed by atoms with Gasteiger partial charge in [-0.15, -0.1) is 0 Å². The van der Waals surface area contributed by atoms with Crippen LogP contribution in [0.15, 0.2) is 24.3 Å². The van der Waals surface area contributed by atoms with E-state index in [-0.39, 0.29) is 37.8 Å². The van der Waals surface area contributed by atoms with Gasteiger partial charge >= 0.3 is 12.1 Å². The van der Waals surface area contributed by atoms with Crippen molar-refractivity contribution in [2.45, 2.75) is 46.0 Å². The van der Waals surface area contributed by atoms with Gasteiger partial charge in [-0.2, -0.15) is 18.3 Å². The molecule has 0 fully saturated rings. The number of alkyl halides is 3. The Bertz CT molecular complexity index is 939. The van der Waals surface area contributed by atoms with Gasteiger partial charge in [0.1, 0.15) is 5.75 Å². The lowest BCUT2D eigenvalue weighted by molar-refractivity contribution is -0.137. The Morgan fingerprint density at radius 3 is 2.55 bits per heavy atom. The number of benzene rings is 1. The summed E-state index contributed by atoms with van der Waals surface area (Å²) in [5.41, 5.74) is 1.97. The van der Waals surface area contributed by atoms with Crippen LogP contribution in [0.4, 0.5) is 13.2 Å². The van der Waals surface area contributed by atoms with Crippen molar-refractivity contribution in [3.05, 3.63) is 46.8 Å². The Labute approximate surface area is 177 Å². The Morgan fingerprint density at radius 1 is 1.19 bits per heavy atom. The number of hydrogen-bond donors (Lipinski definition) is 0. The minimum atomic E-state index is -4.34. The smallest absolute Gasteiger partial charge is 0.390 e. The highest BCUT2D eigenvalue weighted by Crippen LogP contribution is 2.26. The molecule has 0 spiro atoms. The average molecular weight is 439 g/mol. The van der Waals surface area contributed by atoms with Crippen molar-refractivity contribution in [1.29, 1.82) is 0 Å². The van der Waals surface area contributed by atoms with Crippen LogP contribution in [-0.4, -0.2) is 52.5 Å². The maximum absolute atomic E-state index is 12.7. The number of amides is 1. The molecule has 0 saturated carbocycles. The van der Waals surface area contributed by atoms with E-state index < -0.39 is 25.1 Å². The minimum absolute atomic E-state index is 0.0454. The summed E-state index contributed by atoms with van der Waals surface area (Å²) < 4.78 is 49.8. The molecule has 31 heavy (non-hydrogen) atoms. The maximum atomic E-state index is 12.7. The number of ether oxygens (including phenoxy) is 2. The SMILES string of the molecule is CCOC(=O)c1nn(CCC(F)(F)F)c2c1CN(C(=O)COc1ccc(C)cc1)CC2. The molecule has 2 heterocycles. The first kappa shape index (κ1) is 22.6. The number of nitrogens with zero attached hydrogens (tertiary/aromatic N) is 3. The highest BCUT2D eigenvalue weighted by molar-refractivity contribution is 5.89. The molecular formula is C21H24F3N3O4. The highest BCUT2D eigenvalue weighted by Gasteiger charge is 2.33. The molecule has 0 aliphatic carbocycles. The molecule has 1 amide bonds. The Morgan fingerprint density at radius 2 is 1.90 bits per heavy atom. The van der Waals surface area contributed by atoms with E-state index in [1.54, 1.807) is 19.1 Å². The van der Waals surface area contributed by atoms with Crippen molar-refractivity contribution in [1.82, 2.24) is 14.7 Å². The van der Waals surface area contributed by atoms with Gasteiger partial charge < -0.3 is 14.4 Å². The van der Waals surface area contributed by atoms with E-state index in [1.807, 2.05) is 19.1 Å². The standard InChI is InChI=1S/C21H24F3N3O4/c1-3-30-20(29)19-16-12-26(18(28)13-31-15-6-4-14(2)5-7-15)10-8-17(16)27(25-19)11-9-21(22,23)24/h4-7H,3,8-13H2,1-2H3. The normalized spacial score (nSPS) is 13.6. The van der Waals surface area contributed by atoms with E-state index in [9.17, 15) is 22.8 Å². The van der Waals surface area contributed by atoms with Crippen LogP contribution in [0.25, 0.3) is 0 Å². The van der Waals surface area contributed by atoms with Crippen molar-refractivity contribution in [3.63, 3.8) is 0 Å². The molecule has 3 rings (SSSR count). The van der Waals surface area contributed by atoms with E-state index in [4.69, 9.17) is 9.47 Å². The Balaban J connectivity index is 1.74. The summed E-state index contributed by atoms with van der Waals surface area (Å²) in [4.78, 5) is 26.4. The number of halogens is 3. The molecule has 0 saturated heterocycles. The number of aromatic nitrogens is 2. The molecule has 1 aromatic heterocycles. The Hall–Kier alpha value is -3.04. The molecule has 7 nitrogen and oxygen atoms in total. The largest absolute Gasteiger partial charge is 0.484 e. The first-order valence-electron chi connectivity index (χ1n) is 9.97. The number of hydrogen-bond acceptors (Lipinski definition) is 5. The predicted octanol–water partition coefficient (Wildman–Crippen LogP) is 3.28. The van der Waals surface area contributed by atoms with Crippen LogP contribution in [-0.2, 0) is 29.0 Å². The Kier molecular flexibility index (Phi) is 6.87. The van der Waals surface area contributed by atoms with Crippen molar-refractivity contribution in [3.8, 4) is 5.75 Å². The molecular weight excluding hydrogens is 415 g/mol. The van der Waals surface area contributed by atoms with Crippen LogP contribution < -0.4 is 4.74 Å². The molecule has 1 aliphatic heterocycles. The fraction of sp³-hybridized carbons (Fsp3) is 0.476.